The second-order valence-electron chi connectivity index (χ2n) is 3.01. The molecule has 0 aliphatic carbocycles. The number of nitro benzene ring substituents is 1. The quantitative estimate of drug-likeness (QED) is 0.263. The van der Waals surface area contributed by atoms with Crippen molar-refractivity contribution in [3.8, 4) is 0 Å². The molecule has 92 valence electrons. The van der Waals surface area contributed by atoms with Gasteiger partial charge < -0.3 is 0 Å². The van der Waals surface area contributed by atoms with E-state index in [1.807, 2.05) is 0 Å². The molecular formula is C6H3N7O4S. The van der Waals surface area contributed by atoms with Crippen LogP contribution in [0.5, 0.6) is 0 Å². The number of non-ortho nitro benzene ring substituents is 1. The Hall–Kier alpha value is -2.72. The van der Waals surface area contributed by atoms with Crippen molar-refractivity contribution in [2.45, 2.75) is 0 Å². The number of nitro groups is 1. The zero-order chi connectivity index (χ0) is 13.3. The average Bonchev–Trinajstić information content (AvgIpc) is 2.71. The lowest BCUT2D eigenvalue weighted by Crippen LogP contribution is -2.10. The first-order chi connectivity index (χ1) is 8.45. The molecule has 1 heterocycles. The summed E-state index contributed by atoms with van der Waals surface area (Å²) in [7, 11) is -4.35. The Balaban J connectivity index is 2.71. The number of rotatable bonds is 3. The van der Waals surface area contributed by atoms with Gasteiger partial charge in [0.25, 0.3) is 5.69 Å². The van der Waals surface area contributed by atoms with Crippen LogP contribution in [-0.4, -0.2) is 27.7 Å². The fraction of sp³-hybridized carbons (Fsp3) is 0. The molecule has 18 heavy (non-hydrogen) atoms. The number of fused-ring (bicyclic) bond motifs is 1. The van der Waals surface area contributed by atoms with Crippen LogP contribution in [0, 0.1) is 10.1 Å². The summed E-state index contributed by atoms with van der Waals surface area (Å²) in [5.74, 6) is 0. The molecule has 0 unspecified atom stereocenters. The summed E-state index contributed by atoms with van der Waals surface area (Å²) in [6.07, 6.45) is 0. The highest BCUT2D eigenvalue weighted by atomic mass is 32.2. The minimum atomic E-state index is -4.35. The van der Waals surface area contributed by atoms with E-state index in [2.05, 4.69) is 19.7 Å². The van der Waals surface area contributed by atoms with Crippen molar-refractivity contribution < 1.29 is 13.3 Å². The fourth-order valence-electron chi connectivity index (χ4n) is 1.26. The van der Waals surface area contributed by atoms with Gasteiger partial charge in [-0.25, -0.2) is 0 Å². The van der Waals surface area contributed by atoms with Crippen LogP contribution in [0.2, 0.25) is 0 Å². The first kappa shape index (κ1) is 11.8. The van der Waals surface area contributed by atoms with Gasteiger partial charge in [-0.1, -0.05) is 5.21 Å². The fourth-order valence-corrected chi connectivity index (χ4v) is 1.95. The molecule has 0 aliphatic rings. The van der Waals surface area contributed by atoms with Gasteiger partial charge in [0, 0.05) is 17.0 Å². The first-order valence-electron chi connectivity index (χ1n) is 4.27. The van der Waals surface area contributed by atoms with Crippen molar-refractivity contribution in [1.29, 1.82) is 0 Å². The minimum Gasteiger partial charge on any atom is -0.258 e. The normalized spacial score (nSPS) is 11.1. The largest absolute Gasteiger partial charge is 0.345 e. The molecule has 0 N–H and O–H groups in total. The lowest BCUT2D eigenvalue weighted by molar-refractivity contribution is -0.384. The standard InChI is InChI=1S/C6H3N7O4S/c7-9-11-18(16,17)12-6-2-1-4(13(14)15)3-5(6)8-10-12/h1-3H. The lowest BCUT2D eigenvalue weighted by atomic mass is 10.3. The first-order valence-corrected chi connectivity index (χ1v) is 5.67. The molecule has 12 heteroatoms. The van der Waals surface area contributed by atoms with Crippen molar-refractivity contribution >= 4 is 26.9 Å². The maximum absolute atomic E-state index is 11.4. The van der Waals surface area contributed by atoms with Crippen LogP contribution in [0.25, 0.3) is 21.5 Å². The third-order valence-electron chi connectivity index (χ3n) is 1.97. The van der Waals surface area contributed by atoms with Gasteiger partial charge in [-0.2, -0.15) is 8.42 Å². The van der Waals surface area contributed by atoms with E-state index < -0.39 is 15.1 Å². The summed E-state index contributed by atoms with van der Waals surface area (Å²) >= 11 is 0. The summed E-state index contributed by atoms with van der Waals surface area (Å²) < 4.78 is 25.8. The van der Waals surface area contributed by atoms with Gasteiger partial charge in [-0.3, -0.25) is 10.1 Å². The van der Waals surface area contributed by atoms with E-state index in [1.54, 1.807) is 0 Å². The van der Waals surface area contributed by atoms with Gasteiger partial charge in [0.2, 0.25) is 0 Å². The van der Waals surface area contributed by atoms with Crippen molar-refractivity contribution in [2.75, 3.05) is 0 Å². The molecule has 0 spiro atoms. The molecule has 1 aromatic heterocycles. The monoisotopic (exact) mass is 269 g/mol. The third-order valence-corrected chi connectivity index (χ3v) is 2.95. The Labute approximate surface area is 98.6 Å². The second kappa shape index (κ2) is 3.94. The van der Waals surface area contributed by atoms with Crippen LogP contribution in [0.3, 0.4) is 0 Å². The van der Waals surface area contributed by atoms with Crippen LogP contribution in [-0.2, 0) is 10.2 Å². The lowest BCUT2D eigenvalue weighted by Gasteiger charge is -1.96. The second-order valence-corrected chi connectivity index (χ2v) is 4.42. The van der Waals surface area contributed by atoms with Gasteiger partial charge in [-0.15, -0.1) is 9.19 Å². The van der Waals surface area contributed by atoms with Crippen molar-refractivity contribution in [3.63, 3.8) is 0 Å². The summed E-state index contributed by atoms with van der Waals surface area (Å²) in [4.78, 5) is 12.0. The topological polar surface area (TPSA) is 157 Å². The Morgan fingerprint density at radius 2 is 2.22 bits per heavy atom. The molecular weight excluding hydrogens is 266 g/mol. The van der Waals surface area contributed by atoms with Gasteiger partial charge in [0.05, 0.1) is 9.44 Å². The van der Waals surface area contributed by atoms with E-state index in [4.69, 9.17) is 5.53 Å². The Bertz CT molecular complexity index is 787. The van der Waals surface area contributed by atoms with E-state index in [1.165, 1.54) is 0 Å². The van der Waals surface area contributed by atoms with Gasteiger partial charge in [0.15, 0.2) is 0 Å². The summed E-state index contributed by atoms with van der Waals surface area (Å²) in [6.45, 7) is 0. The van der Waals surface area contributed by atoms with E-state index in [0.29, 0.717) is 4.09 Å². The third kappa shape index (κ3) is 1.81. The molecule has 0 fully saturated rings. The van der Waals surface area contributed by atoms with Crippen molar-refractivity contribution in [3.05, 3.63) is 38.8 Å². The highest BCUT2D eigenvalue weighted by Gasteiger charge is 2.18. The molecule has 11 nitrogen and oxygen atoms in total. The molecule has 0 radical (unpaired) electrons. The SMILES string of the molecule is [N-]=[N+]=NS(=O)(=O)n1nnc2cc([N+](=O)[O-])ccc21. The molecule has 2 aromatic rings. The van der Waals surface area contributed by atoms with Crippen molar-refractivity contribution in [2.24, 2.45) is 4.52 Å². The van der Waals surface area contributed by atoms with E-state index in [9.17, 15) is 18.5 Å². The predicted octanol–water partition coefficient (Wildman–Crippen LogP) is 0.743. The zero-order valence-electron chi connectivity index (χ0n) is 8.40. The van der Waals surface area contributed by atoms with Gasteiger partial charge >= 0.3 is 10.2 Å². The molecule has 2 rings (SSSR count). The zero-order valence-corrected chi connectivity index (χ0v) is 9.22. The molecule has 0 amide bonds. The maximum atomic E-state index is 11.4. The molecule has 0 saturated carbocycles. The highest BCUT2D eigenvalue weighted by Crippen LogP contribution is 2.19. The number of nitrogens with zero attached hydrogens (tertiary/aromatic N) is 7. The van der Waals surface area contributed by atoms with Gasteiger partial charge in [-0.05, 0) is 11.6 Å². The van der Waals surface area contributed by atoms with Crippen LogP contribution >= 0.6 is 0 Å². The summed E-state index contributed by atoms with van der Waals surface area (Å²) in [5.41, 5.74) is 7.84. The Morgan fingerprint density at radius 1 is 1.50 bits per heavy atom. The predicted molar refractivity (Wildman–Crippen MR) is 57.6 cm³/mol. The number of azide groups is 1. The number of hydrogen-bond donors (Lipinski definition) is 0. The average molecular weight is 269 g/mol. The van der Waals surface area contributed by atoms with E-state index in [0.717, 1.165) is 18.2 Å². The summed E-state index contributed by atoms with van der Waals surface area (Å²) in [6, 6.07) is 3.30. The molecule has 0 aliphatic heterocycles. The van der Waals surface area contributed by atoms with Gasteiger partial charge in [0.1, 0.15) is 11.0 Å². The van der Waals surface area contributed by atoms with Crippen molar-refractivity contribution in [1.82, 2.24) is 14.4 Å². The highest BCUT2D eigenvalue weighted by molar-refractivity contribution is 7.88. The van der Waals surface area contributed by atoms with Crippen LogP contribution < -0.4 is 0 Å². The Morgan fingerprint density at radius 3 is 2.83 bits per heavy atom. The number of benzene rings is 1. The number of hydrogen-bond acceptors (Lipinski definition) is 6. The molecule has 1 aromatic carbocycles. The van der Waals surface area contributed by atoms with Crippen LogP contribution in [0.4, 0.5) is 5.69 Å². The molecule has 0 atom stereocenters. The Kier molecular flexibility index (Phi) is 2.57. The van der Waals surface area contributed by atoms with E-state index in [-0.39, 0.29) is 16.7 Å². The summed E-state index contributed by atoms with van der Waals surface area (Å²) in [5, 5.41) is 17.3. The van der Waals surface area contributed by atoms with Crippen LogP contribution in [0.15, 0.2) is 22.7 Å². The number of aromatic nitrogens is 3. The maximum Gasteiger partial charge on any atom is 0.345 e. The molecule has 0 saturated heterocycles. The van der Waals surface area contributed by atoms with E-state index >= 15 is 0 Å². The minimum absolute atomic E-state index is 0.000847. The molecule has 0 bridgehead atoms. The smallest absolute Gasteiger partial charge is 0.258 e. The van der Waals surface area contributed by atoms with Crippen LogP contribution in [0.1, 0.15) is 0 Å².